The van der Waals surface area contributed by atoms with E-state index in [9.17, 15) is 0 Å². The molecule has 0 N–H and O–H groups in total. The molecule has 1 heteroatoms. The monoisotopic (exact) mass is 158 g/mol. The van der Waals surface area contributed by atoms with Crippen LogP contribution in [0.4, 0.5) is 0 Å². The molecule has 11 heavy (non-hydrogen) atoms. The van der Waals surface area contributed by atoms with Crippen LogP contribution in [0.5, 0.6) is 0 Å². The fraction of sp³-hybridized carbons (Fsp3) is 1.00. The van der Waals surface area contributed by atoms with E-state index in [1.165, 1.54) is 32.1 Å². The van der Waals surface area contributed by atoms with Crippen LogP contribution < -0.4 is 0 Å². The Hall–Kier alpha value is -0.0400. The van der Waals surface area contributed by atoms with Gasteiger partial charge in [-0.3, -0.25) is 0 Å². The average Bonchev–Trinajstić information content (AvgIpc) is 2.42. The Morgan fingerprint density at radius 1 is 1.18 bits per heavy atom. The molecule has 0 bridgehead atoms. The summed E-state index contributed by atoms with van der Waals surface area (Å²) >= 11 is 0. The fourth-order valence-electron chi connectivity index (χ4n) is 1.41. The van der Waals surface area contributed by atoms with Crippen molar-refractivity contribution in [2.75, 3.05) is 13.7 Å². The molecule has 0 atom stereocenters. The second-order valence-corrected chi connectivity index (χ2v) is 3.31. The summed E-state index contributed by atoms with van der Waals surface area (Å²) < 4.78 is 5.03. The summed E-state index contributed by atoms with van der Waals surface area (Å²) in [7, 11) is 1.79. The molecule has 1 aliphatic rings. The van der Waals surface area contributed by atoms with Gasteiger partial charge in [0.15, 0.2) is 0 Å². The zero-order chi connectivity index (χ0) is 8.53. The van der Waals surface area contributed by atoms with Crippen molar-refractivity contribution in [1.82, 2.24) is 0 Å². The van der Waals surface area contributed by atoms with Crippen molar-refractivity contribution in [3.05, 3.63) is 0 Å². The Kier molecular flexibility index (Phi) is 8.03. The van der Waals surface area contributed by atoms with Crippen LogP contribution in [0.15, 0.2) is 0 Å². The van der Waals surface area contributed by atoms with E-state index in [-0.39, 0.29) is 0 Å². The van der Waals surface area contributed by atoms with Gasteiger partial charge < -0.3 is 4.74 Å². The van der Waals surface area contributed by atoms with Gasteiger partial charge in [-0.2, -0.15) is 0 Å². The second kappa shape index (κ2) is 8.06. The van der Waals surface area contributed by atoms with Gasteiger partial charge in [0.05, 0.1) is 0 Å². The average molecular weight is 158 g/mol. The van der Waals surface area contributed by atoms with Crippen LogP contribution >= 0.6 is 0 Å². The van der Waals surface area contributed by atoms with Gasteiger partial charge in [-0.1, -0.05) is 33.1 Å². The lowest BCUT2D eigenvalue weighted by molar-refractivity contribution is 0.155. The van der Waals surface area contributed by atoms with Crippen LogP contribution in [0.25, 0.3) is 0 Å². The highest BCUT2D eigenvalue weighted by atomic mass is 16.5. The standard InChI is InChI=1S/C7H14O.C3H8/c1-8-6-7-4-2-3-5-7;1-3-2/h7H,2-6H2,1H3;3H2,1-2H3. The Morgan fingerprint density at radius 3 is 2.00 bits per heavy atom. The molecule has 1 saturated carbocycles. The predicted octanol–water partition coefficient (Wildman–Crippen LogP) is 3.24. The van der Waals surface area contributed by atoms with Gasteiger partial charge in [-0.05, 0) is 18.8 Å². The van der Waals surface area contributed by atoms with Crippen molar-refractivity contribution in [2.24, 2.45) is 5.92 Å². The molecule has 0 aromatic rings. The number of hydrogen-bond acceptors (Lipinski definition) is 1. The minimum Gasteiger partial charge on any atom is -0.384 e. The normalized spacial score (nSPS) is 17.7. The largest absolute Gasteiger partial charge is 0.384 e. The summed E-state index contributed by atoms with van der Waals surface area (Å²) in [6, 6.07) is 0. The highest BCUT2D eigenvalue weighted by Crippen LogP contribution is 2.24. The van der Waals surface area contributed by atoms with Crippen molar-refractivity contribution in [2.45, 2.75) is 46.0 Å². The summed E-state index contributed by atoms with van der Waals surface area (Å²) in [5.41, 5.74) is 0. The van der Waals surface area contributed by atoms with Crippen molar-refractivity contribution in [1.29, 1.82) is 0 Å². The minimum absolute atomic E-state index is 0.889. The highest BCUT2D eigenvalue weighted by molar-refractivity contribution is 4.65. The minimum atomic E-state index is 0.889. The molecule has 1 rings (SSSR count). The maximum Gasteiger partial charge on any atom is 0.0490 e. The van der Waals surface area contributed by atoms with E-state index in [0.29, 0.717) is 0 Å². The van der Waals surface area contributed by atoms with Gasteiger partial charge in [0, 0.05) is 13.7 Å². The molecule has 0 aliphatic heterocycles. The maximum absolute atomic E-state index is 5.03. The predicted molar refractivity (Wildman–Crippen MR) is 49.8 cm³/mol. The molecule has 0 amide bonds. The first-order chi connectivity index (χ1) is 5.35. The van der Waals surface area contributed by atoms with Crippen molar-refractivity contribution >= 4 is 0 Å². The van der Waals surface area contributed by atoms with Gasteiger partial charge in [0.1, 0.15) is 0 Å². The molecule has 1 fully saturated rings. The Balaban J connectivity index is 0.000000292. The van der Waals surface area contributed by atoms with E-state index in [2.05, 4.69) is 13.8 Å². The summed E-state index contributed by atoms with van der Waals surface area (Å²) in [6.45, 7) is 5.24. The molecule has 0 heterocycles. The Bertz CT molecular complexity index is 65.3. The molecule has 0 unspecified atom stereocenters. The number of ether oxygens (including phenoxy) is 1. The van der Waals surface area contributed by atoms with E-state index in [4.69, 9.17) is 4.74 Å². The van der Waals surface area contributed by atoms with Crippen LogP contribution in [0.2, 0.25) is 0 Å². The molecule has 0 saturated heterocycles. The van der Waals surface area contributed by atoms with Crippen molar-refractivity contribution in [3.8, 4) is 0 Å². The van der Waals surface area contributed by atoms with Crippen LogP contribution in [-0.4, -0.2) is 13.7 Å². The molecular formula is C10H22O. The summed E-state index contributed by atoms with van der Waals surface area (Å²) in [5, 5.41) is 0. The number of methoxy groups -OCH3 is 1. The fourth-order valence-corrected chi connectivity index (χ4v) is 1.41. The summed E-state index contributed by atoms with van der Waals surface area (Å²) in [6.07, 6.45) is 6.89. The number of rotatable bonds is 2. The SMILES string of the molecule is CCC.COCC1CCCC1. The molecule has 1 nitrogen and oxygen atoms in total. The summed E-state index contributed by atoms with van der Waals surface area (Å²) in [5.74, 6) is 0.889. The molecule has 0 radical (unpaired) electrons. The first-order valence-electron chi connectivity index (χ1n) is 4.84. The van der Waals surface area contributed by atoms with Crippen molar-refractivity contribution < 1.29 is 4.74 Å². The Labute approximate surface area is 71.1 Å². The quantitative estimate of drug-likeness (QED) is 0.599. The van der Waals surface area contributed by atoms with E-state index in [1.807, 2.05) is 0 Å². The summed E-state index contributed by atoms with van der Waals surface area (Å²) in [4.78, 5) is 0. The topological polar surface area (TPSA) is 9.23 Å². The molecule has 1 aliphatic carbocycles. The van der Waals surface area contributed by atoms with Gasteiger partial charge >= 0.3 is 0 Å². The van der Waals surface area contributed by atoms with Gasteiger partial charge in [0.2, 0.25) is 0 Å². The zero-order valence-corrected chi connectivity index (χ0v) is 8.23. The van der Waals surface area contributed by atoms with Crippen LogP contribution in [0.3, 0.4) is 0 Å². The van der Waals surface area contributed by atoms with Gasteiger partial charge in [0.25, 0.3) is 0 Å². The molecular weight excluding hydrogens is 136 g/mol. The Morgan fingerprint density at radius 2 is 1.64 bits per heavy atom. The lowest BCUT2D eigenvalue weighted by Gasteiger charge is -2.04. The third-order valence-electron chi connectivity index (χ3n) is 1.88. The second-order valence-electron chi connectivity index (χ2n) is 3.31. The van der Waals surface area contributed by atoms with E-state index < -0.39 is 0 Å². The van der Waals surface area contributed by atoms with Crippen molar-refractivity contribution in [3.63, 3.8) is 0 Å². The zero-order valence-electron chi connectivity index (χ0n) is 8.23. The first-order valence-corrected chi connectivity index (χ1v) is 4.84. The van der Waals surface area contributed by atoms with Gasteiger partial charge in [-0.15, -0.1) is 0 Å². The van der Waals surface area contributed by atoms with Crippen LogP contribution in [0, 0.1) is 5.92 Å². The van der Waals surface area contributed by atoms with Crippen LogP contribution in [-0.2, 0) is 4.74 Å². The first kappa shape index (κ1) is 11.0. The molecule has 0 aromatic heterocycles. The highest BCUT2D eigenvalue weighted by Gasteiger charge is 2.13. The third-order valence-corrected chi connectivity index (χ3v) is 1.88. The molecule has 0 aromatic carbocycles. The smallest absolute Gasteiger partial charge is 0.0490 e. The van der Waals surface area contributed by atoms with Gasteiger partial charge in [-0.25, -0.2) is 0 Å². The maximum atomic E-state index is 5.03. The van der Waals surface area contributed by atoms with E-state index >= 15 is 0 Å². The molecule has 0 spiro atoms. The molecule has 68 valence electrons. The number of hydrogen-bond donors (Lipinski definition) is 0. The third kappa shape index (κ3) is 6.36. The lowest BCUT2D eigenvalue weighted by atomic mass is 10.1. The van der Waals surface area contributed by atoms with E-state index in [0.717, 1.165) is 12.5 Å². The van der Waals surface area contributed by atoms with Crippen LogP contribution in [0.1, 0.15) is 46.0 Å². The van der Waals surface area contributed by atoms with E-state index in [1.54, 1.807) is 7.11 Å². The lowest BCUT2D eigenvalue weighted by Crippen LogP contribution is -2.01.